The number of halogens is 1. The molecule has 0 bridgehead atoms. The first-order valence-corrected chi connectivity index (χ1v) is 5.77. The van der Waals surface area contributed by atoms with Crippen LogP contribution in [0.2, 0.25) is 0 Å². The number of phenols is 1. The molecular weight excluding hydrogens is 226 g/mol. The number of nitrogens with one attached hydrogen (secondary N) is 1. The minimum absolute atomic E-state index is 0.153. The molecular formula is C12H16ClNO2. The van der Waals surface area contributed by atoms with Crippen LogP contribution in [0.3, 0.4) is 0 Å². The Hall–Kier alpha value is -1.22. The Morgan fingerprint density at radius 1 is 1.50 bits per heavy atom. The Bertz CT molecular complexity index is 355. The number of phenolic OH excluding ortho intramolecular Hbond substituents is 1. The van der Waals surface area contributed by atoms with Gasteiger partial charge in [-0.05, 0) is 24.5 Å². The minimum atomic E-state index is -0.468. The highest BCUT2D eigenvalue weighted by Gasteiger charge is 2.11. The van der Waals surface area contributed by atoms with Crippen LogP contribution in [-0.4, -0.2) is 22.9 Å². The van der Waals surface area contributed by atoms with Crippen LogP contribution in [0.1, 0.15) is 18.9 Å². The first-order chi connectivity index (χ1) is 7.65. The van der Waals surface area contributed by atoms with E-state index in [1.165, 1.54) is 0 Å². The number of para-hydroxylation sites is 1. The molecule has 88 valence electrons. The van der Waals surface area contributed by atoms with Crippen LogP contribution in [0.5, 0.6) is 5.75 Å². The quantitative estimate of drug-likeness (QED) is 0.776. The molecule has 0 aliphatic heterocycles. The van der Waals surface area contributed by atoms with Gasteiger partial charge in [0.25, 0.3) is 0 Å². The Morgan fingerprint density at radius 2 is 2.19 bits per heavy atom. The summed E-state index contributed by atoms with van der Waals surface area (Å²) in [7, 11) is 0. The molecule has 16 heavy (non-hydrogen) atoms. The average Bonchev–Trinajstić information content (AvgIpc) is 2.30. The molecule has 0 saturated heterocycles. The summed E-state index contributed by atoms with van der Waals surface area (Å²) >= 11 is 5.77. The van der Waals surface area contributed by atoms with Gasteiger partial charge >= 0.3 is 0 Å². The molecule has 2 N–H and O–H groups in total. The fraction of sp³-hybridized carbons (Fsp3) is 0.417. The molecule has 0 fully saturated rings. The molecule has 1 atom stereocenters. The van der Waals surface area contributed by atoms with E-state index < -0.39 is 5.38 Å². The molecule has 1 amide bonds. The predicted octanol–water partition coefficient (Wildman–Crippen LogP) is 2.07. The summed E-state index contributed by atoms with van der Waals surface area (Å²) in [5.74, 6) is 0.106. The topological polar surface area (TPSA) is 49.3 Å². The lowest BCUT2D eigenvalue weighted by molar-refractivity contribution is -0.120. The summed E-state index contributed by atoms with van der Waals surface area (Å²) in [6.07, 6.45) is 1.22. The molecule has 4 heteroatoms. The molecule has 0 spiro atoms. The summed E-state index contributed by atoms with van der Waals surface area (Å²) in [5, 5.41) is 11.8. The van der Waals surface area contributed by atoms with Gasteiger partial charge in [-0.2, -0.15) is 0 Å². The minimum Gasteiger partial charge on any atom is -0.508 e. The third-order valence-electron chi connectivity index (χ3n) is 2.33. The van der Waals surface area contributed by atoms with Gasteiger partial charge in [-0.25, -0.2) is 0 Å². The van der Waals surface area contributed by atoms with Crippen molar-refractivity contribution in [1.29, 1.82) is 0 Å². The largest absolute Gasteiger partial charge is 0.508 e. The van der Waals surface area contributed by atoms with Gasteiger partial charge in [0.2, 0.25) is 5.91 Å². The van der Waals surface area contributed by atoms with E-state index in [1.54, 1.807) is 12.1 Å². The van der Waals surface area contributed by atoms with Crippen molar-refractivity contribution in [2.75, 3.05) is 6.54 Å². The van der Waals surface area contributed by atoms with Crippen molar-refractivity contribution in [3.05, 3.63) is 29.8 Å². The normalized spacial score (nSPS) is 12.1. The van der Waals surface area contributed by atoms with Crippen molar-refractivity contribution < 1.29 is 9.90 Å². The number of hydrogen-bond donors (Lipinski definition) is 2. The molecule has 1 aromatic rings. The number of amides is 1. The molecule has 0 aliphatic rings. The highest BCUT2D eigenvalue weighted by molar-refractivity contribution is 6.30. The lowest BCUT2D eigenvalue weighted by Crippen LogP contribution is -2.32. The molecule has 0 radical (unpaired) electrons. The number of alkyl halides is 1. The molecule has 0 saturated carbocycles. The molecule has 0 aromatic heterocycles. The maximum absolute atomic E-state index is 11.3. The van der Waals surface area contributed by atoms with Crippen LogP contribution in [0, 0.1) is 0 Å². The van der Waals surface area contributed by atoms with E-state index in [0.29, 0.717) is 19.4 Å². The molecule has 0 heterocycles. The van der Waals surface area contributed by atoms with Crippen LogP contribution in [0.15, 0.2) is 24.3 Å². The summed E-state index contributed by atoms with van der Waals surface area (Å²) in [6, 6.07) is 7.09. The lowest BCUT2D eigenvalue weighted by Gasteiger charge is -2.09. The zero-order valence-corrected chi connectivity index (χ0v) is 10.00. The van der Waals surface area contributed by atoms with Crippen LogP contribution in [-0.2, 0) is 11.2 Å². The average molecular weight is 242 g/mol. The van der Waals surface area contributed by atoms with Crippen molar-refractivity contribution in [3.63, 3.8) is 0 Å². The second-order valence-electron chi connectivity index (χ2n) is 3.55. The first kappa shape index (κ1) is 12.8. The smallest absolute Gasteiger partial charge is 0.238 e. The van der Waals surface area contributed by atoms with Crippen LogP contribution in [0.4, 0.5) is 0 Å². The Labute approximate surface area is 100 Å². The van der Waals surface area contributed by atoms with Crippen molar-refractivity contribution in [2.24, 2.45) is 0 Å². The zero-order chi connectivity index (χ0) is 12.0. The van der Waals surface area contributed by atoms with Crippen LogP contribution in [0.25, 0.3) is 0 Å². The standard InChI is InChI=1S/C12H16ClNO2/c1-2-10(13)12(16)14-8-7-9-5-3-4-6-11(9)15/h3-6,10,15H,2,7-8H2,1H3,(H,14,16). The third-order valence-corrected chi connectivity index (χ3v) is 2.83. The number of carbonyl (C=O) groups excluding carboxylic acids is 1. The predicted molar refractivity (Wildman–Crippen MR) is 64.8 cm³/mol. The van der Waals surface area contributed by atoms with Crippen LogP contribution < -0.4 is 5.32 Å². The van der Waals surface area contributed by atoms with E-state index in [4.69, 9.17) is 11.6 Å². The lowest BCUT2D eigenvalue weighted by atomic mass is 10.1. The fourth-order valence-electron chi connectivity index (χ4n) is 1.34. The van der Waals surface area contributed by atoms with Gasteiger partial charge in [0.15, 0.2) is 0 Å². The van der Waals surface area contributed by atoms with Crippen LogP contribution >= 0.6 is 11.6 Å². The number of carbonyl (C=O) groups is 1. The number of rotatable bonds is 5. The molecule has 3 nitrogen and oxygen atoms in total. The van der Waals surface area contributed by atoms with Gasteiger partial charge in [0.1, 0.15) is 11.1 Å². The van der Waals surface area contributed by atoms with Gasteiger partial charge in [-0.1, -0.05) is 25.1 Å². The summed E-state index contributed by atoms with van der Waals surface area (Å²) < 4.78 is 0. The number of aromatic hydroxyl groups is 1. The number of benzene rings is 1. The molecule has 1 rings (SSSR count). The van der Waals surface area contributed by atoms with E-state index in [0.717, 1.165) is 5.56 Å². The summed E-state index contributed by atoms with van der Waals surface area (Å²) in [4.78, 5) is 11.3. The van der Waals surface area contributed by atoms with Crippen molar-refractivity contribution in [3.8, 4) is 5.75 Å². The van der Waals surface area contributed by atoms with E-state index >= 15 is 0 Å². The van der Waals surface area contributed by atoms with Crippen molar-refractivity contribution >= 4 is 17.5 Å². The molecule has 1 aromatic carbocycles. The SMILES string of the molecule is CCC(Cl)C(=O)NCCc1ccccc1O. The van der Waals surface area contributed by atoms with E-state index in [9.17, 15) is 9.90 Å². The van der Waals surface area contributed by atoms with Gasteiger partial charge in [-0.3, -0.25) is 4.79 Å². The van der Waals surface area contributed by atoms with E-state index in [2.05, 4.69) is 5.32 Å². The monoisotopic (exact) mass is 241 g/mol. The Kier molecular flexibility index (Phi) is 5.12. The second kappa shape index (κ2) is 6.38. The third kappa shape index (κ3) is 3.74. The zero-order valence-electron chi connectivity index (χ0n) is 9.24. The Balaban J connectivity index is 2.36. The maximum Gasteiger partial charge on any atom is 0.238 e. The van der Waals surface area contributed by atoms with Gasteiger partial charge in [0.05, 0.1) is 0 Å². The molecule has 0 aliphatic carbocycles. The first-order valence-electron chi connectivity index (χ1n) is 5.33. The summed E-state index contributed by atoms with van der Waals surface area (Å²) in [6.45, 7) is 2.35. The van der Waals surface area contributed by atoms with Crippen molar-refractivity contribution in [2.45, 2.75) is 25.1 Å². The van der Waals surface area contributed by atoms with Gasteiger partial charge in [-0.15, -0.1) is 11.6 Å². The number of hydrogen-bond acceptors (Lipinski definition) is 2. The molecule has 1 unspecified atom stereocenters. The van der Waals surface area contributed by atoms with E-state index in [1.807, 2.05) is 19.1 Å². The Morgan fingerprint density at radius 3 is 2.81 bits per heavy atom. The van der Waals surface area contributed by atoms with Gasteiger partial charge in [0, 0.05) is 6.54 Å². The highest BCUT2D eigenvalue weighted by Crippen LogP contribution is 2.15. The second-order valence-corrected chi connectivity index (χ2v) is 4.07. The maximum atomic E-state index is 11.3. The fourth-order valence-corrected chi connectivity index (χ4v) is 1.42. The van der Waals surface area contributed by atoms with Gasteiger partial charge < -0.3 is 10.4 Å². The highest BCUT2D eigenvalue weighted by atomic mass is 35.5. The summed E-state index contributed by atoms with van der Waals surface area (Å²) in [5.41, 5.74) is 0.824. The van der Waals surface area contributed by atoms with E-state index in [-0.39, 0.29) is 11.7 Å². The van der Waals surface area contributed by atoms with Crippen molar-refractivity contribution in [1.82, 2.24) is 5.32 Å².